The molecule has 0 bridgehead atoms. The van der Waals surface area contributed by atoms with Crippen LogP contribution < -0.4 is 0 Å². The molecule has 4 nitrogen and oxygen atoms in total. The second-order valence-electron chi connectivity index (χ2n) is 4.66. The number of phenolic OH excluding ortho intramolecular Hbond substituents is 1. The molecule has 1 aliphatic heterocycles. The van der Waals surface area contributed by atoms with Gasteiger partial charge in [-0.25, -0.2) is 0 Å². The van der Waals surface area contributed by atoms with E-state index in [9.17, 15) is 9.90 Å². The summed E-state index contributed by atoms with van der Waals surface area (Å²) in [7, 11) is 2.08. The first kappa shape index (κ1) is 13.5. The number of carbonyl (C=O) groups is 1. The Balaban J connectivity index is 2.01. The van der Waals surface area contributed by atoms with Crippen LogP contribution in [0.5, 0.6) is 5.75 Å². The molecule has 1 aliphatic rings. The highest BCUT2D eigenvalue weighted by Crippen LogP contribution is 2.22. The van der Waals surface area contributed by atoms with Crippen LogP contribution in [0, 0.1) is 0 Å². The summed E-state index contributed by atoms with van der Waals surface area (Å²) >= 11 is 3.31. The number of Topliss-reactive ketones (excluding diaryl/α,β-unsaturated/α-hetero) is 1. The first-order chi connectivity index (χ1) is 8.56. The zero-order chi connectivity index (χ0) is 13.1. The Morgan fingerprint density at radius 1 is 1.33 bits per heavy atom. The Morgan fingerprint density at radius 3 is 2.67 bits per heavy atom. The molecule has 0 unspecified atom stereocenters. The fourth-order valence-corrected chi connectivity index (χ4v) is 2.39. The Labute approximate surface area is 115 Å². The summed E-state index contributed by atoms with van der Waals surface area (Å²) in [5, 5.41) is 9.71. The molecule has 0 radical (unpaired) electrons. The third-order valence-corrected chi connectivity index (χ3v) is 3.72. The molecule has 0 atom stereocenters. The van der Waals surface area contributed by atoms with Crippen LogP contribution >= 0.6 is 15.9 Å². The fraction of sp³-hybridized carbons (Fsp3) is 0.462. The molecule has 0 aliphatic carbocycles. The summed E-state index contributed by atoms with van der Waals surface area (Å²) in [4.78, 5) is 16.5. The van der Waals surface area contributed by atoms with Crippen LogP contribution in [-0.2, 0) is 0 Å². The number of nitrogens with zero attached hydrogens (tertiary/aromatic N) is 2. The van der Waals surface area contributed by atoms with Crippen LogP contribution in [0.15, 0.2) is 22.7 Å². The Hall–Kier alpha value is -0.910. The average molecular weight is 313 g/mol. The molecule has 0 spiro atoms. The minimum Gasteiger partial charge on any atom is -0.507 e. The molecular weight excluding hydrogens is 296 g/mol. The van der Waals surface area contributed by atoms with Gasteiger partial charge in [0.25, 0.3) is 0 Å². The van der Waals surface area contributed by atoms with Gasteiger partial charge < -0.3 is 10.0 Å². The van der Waals surface area contributed by atoms with Gasteiger partial charge in [-0.05, 0) is 25.2 Å². The van der Waals surface area contributed by atoms with E-state index in [0.29, 0.717) is 12.1 Å². The summed E-state index contributed by atoms with van der Waals surface area (Å²) in [5.74, 6) is 0.0238. The van der Waals surface area contributed by atoms with Crippen LogP contribution in [0.1, 0.15) is 10.4 Å². The smallest absolute Gasteiger partial charge is 0.180 e. The molecule has 1 aromatic rings. The number of aromatic hydroxyl groups is 1. The molecule has 1 N–H and O–H groups in total. The van der Waals surface area contributed by atoms with Crippen molar-refractivity contribution in [1.82, 2.24) is 9.80 Å². The van der Waals surface area contributed by atoms with E-state index in [4.69, 9.17) is 0 Å². The second kappa shape index (κ2) is 5.82. The number of ketones is 1. The van der Waals surface area contributed by atoms with Crippen molar-refractivity contribution in [2.45, 2.75) is 0 Å². The van der Waals surface area contributed by atoms with E-state index < -0.39 is 0 Å². The minimum atomic E-state index is -0.0293. The van der Waals surface area contributed by atoms with Gasteiger partial charge in [0.15, 0.2) is 5.78 Å². The normalized spacial score (nSPS) is 17.9. The molecule has 0 amide bonds. The zero-order valence-electron chi connectivity index (χ0n) is 10.4. The van der Waals surface area contributed by atoms with Gasteiger partial charge in [-0.2, -0.15) is 0 Å². The number of benzene rings is 1. The summed E-state index contributed by atoms with van der Waals surface area (Å²) in [6.45, 7) is 4.14. The number of carbonyl (C=O) groups excluding carboxylic acids is 1. The first-order valence-corrected chi connectivity index (χ1v) is 6.78. The van der Waals surface area contributed by atoms with Crippen LogP contribution in [0.3, 0.4) is 0 Å². The standard InChI is InChI=1S/C13H17BrN2O2/c1-15-4-6-16(7-5-15)9-13(18)11-8-10(14)2-3-12(11)17/h2-3,8,17H,4-7,9H2,1H3. The van der Waals surface area contributed by atoms with Crippen molar-refractivity contribution < 1.29 is 9.90 Å². The lowest BCUT2D eigenvalue weighted by Crippen LogP contribution is -2.46. The highest BCUT2D eigenvalue weighted by Gasteiger charge is 2.19. The average Bonchev–Trinajstić information content (AvgIpc) is 2.35. The van der Waals surface area contributed by atoms with Gasteiger partial charge in [-0.15, -0.1) is 0 Å². The van der Waals surface area contributed by atoms with Crippen LogP contribution in [0.4, 0.5) is 0 Å². The van der Waals surface area contributed by atoms with E-state index in [1.807, 2.05) is 0 Å². The van der Waals surface area contributed by atoms with E-state index in [1.165, 1.54) is 0 Å². The second-order valence-corrected chi connectivity index (χ2v) is 5.58. The third kappa shape index (κ3) is 3.31. The van der Waals surface area contributed by atoms with E-state index in [0.717, 1.165) is 30.7 Å². The van der Waals surface area contributed by atoms with Gasteiger partial charge in [0.05, 0.1) is 12.1 Å². The monoisotopic (exact) mass is 312 g/mol. The SMILES string of the molecule is CN1CCN(CC(=O)c2cc(Br)ccc2O)CC1. The Morgan fingerprint density at radius 2 is 2.00 bits per heavy atom. The minimum absolute atomic E-state index is 0.0293. The van der Waals surface area contributed by atoms with Crippen molar-refractivity contribution in [3.8, 4) is 5.75 Å². The van der Waals surface area contributed by atoms with Crippen LogP contribution in [0.2, 0.25) is 0 Å². The quantitative estimate of drug-likeness (QED) is 0.861. The summed E-state index contributed by atoms with van der Waals surface area (Å²) in [6.07, 6.45) is 0. The number of hydrogen-bond donors (Lipinski definition) is 1. The van der Waals surface area contributed by atoms with E-state index in [1.54, 1.807) is 18.2 Å². The van der Waals surface area contributed by atoms with E-state index in [-0.39, 0.29) is 11.5 Å². The van der Waals surface area contributed by atoms with E-state index in [2.05, 4.69) is 32.8 Å². The highest BCUT2D eigenvalue weighted by molar-refractivity contribution is 9.10. The molecule has 0 saturated carbocycles. The Kier molecular flexibility index (Phi) is 4.37. The van der Waals surface area contributed by atoms with E-state index >= 15 is 0 Å². The molecule has 5 heteroatoms. The zero-order valence-corrected chi connectivity index (χ0v) is 12.0. The van der Waals surface area contributed by atoms with Gasteiger partial charge in [-0.3, -0.25) is 9.69 Å². The lowest BCUT2D eigenvalue weighted by Gasteiger charge is -2.31. The number of phenols is 1. The van der Waals surface area contributed by atoms with Crippen molar-refractivity contribution in [3.05, 3.63) is 28.2 Å². The molecular formula is C13H17BrN2O2. The molecule has 1 saturated heterocycles. The van der Waals surface area contributed by atoms with Crippen molar-refractivity contribution in [3.63, 3.8) is 0 Å². The summed E-state index contributed by atoms with van der Waals surface area (Å²) in [6, 6.07) is 4.94. The molecule has 98 valence electrons. The summed E-state index contributed by atoms with van der Waals surface area (Å²) in [5.41, 5.74) is 0.392. The van der Waals surface area contributed by atoms with Crippen LogP contribution in [-0.4, -0.2) is 60.5 Å². The van der Waals surface area contributed by atoms with Gasteiger partial charge in [-0.1, -0.05) is 15.9 Å². The van der Waals surface area contributed by atoms with Gasteiger partial charge in [0.2, 0.25) is 0 Å². The maximum absolute atomic E-state index is 12.1. The lowest BCUT2D eigenvalue weighted by molar-refractivity contribution is 0.0874. The number of rotatable bonds is 3. The number of hydrogen-bond acceptors (Lipinski definition) is 4. The lowest BCUT2D eigenvalue weighted by atomic mass is 10.1. The van der Waals surface area contributed by atoms with Crippen molar-refractivity contribution in [2.24, 2.45) is 0 Å². The molecule has 1 fully saturated rings. The van der Waals surface area contributed by atoms with Crippen molar-refractivity contribution >= 4 is 21.7 Å². The molecule has 0 aromatic heterocycles. The van der Waals surface area contributed by atoms with Gasteiger partial charge in [0.1, 0.15) is 5.75 Å². The van der Waals surface area contributed by atoms with Crippen LogP contribution in [0.25, 0.3) is 0 Å². The highest BCUT2D eigenvalue weighted by atomic mass is 79.9. The van der Waals surface area contributed by atoms with Gasteiger partial charge >= 0.3 is 0 Å². The summed E-state index contributed by atoms with van der Waals surface area (Å²) < 4.78 is 0.807. The molecule has 1 aromatic carbocycles. The molecule has 2 rings (SSSR count). The maximum atomic E-state index is 12.1. The number of halogens is 1. The predicted molar refractivity (Wildman–Crippen MR) is 74.1 cm³/mol. The third-order valence-electron chi connectivity index (χ3n) is 3.22. The Bertz CT molecular complexity index is 443. The van der Waals surface area contributed by atoms with Crippen molar-refractivity contribution in [2.75, 3.05) is 39.8 Å². The number of likely N-dealkylation sites (N-methyl/N-ethyl adjacent to an activating group) is 1. The largest absolute Gasteiger partial charge is 0.507 e. The number of piperazine rings is 1. The topological polar surface area (TPSA) is 43.8 Å². The van der Waals surface area contributed by atoms with Crippen molar-refractivity contribution in [1.29, 1.82) is 0 Å². The fourth-order valence-electron chi connectivity index (χ4n) is 2.03. The maximum Gasteiger partial charge on any atom is 0.180 e. The first-order valence-electron chi connectivity index (χ1n) is 5.99. The predicted octanol–water partition coefficient (Wildman–Crippen LogP) is 1.58. The van der Waals surface area contributed by atoms with Gasteiger partial charge in [0, 0.05) is 30.7 Å². The molecule has 1 heterocycles. The molecule has 18 heavy (non-hydrogen) atoms.